The lowest BCUT2D eigenvalue weighted by atomic mass is 9.82. The fourth-order valence-corrected chi connectivity index (χ4v) is 11.5. The maximum absolute atomic E-state index is 5.40. The number of benzene rings is 3. The van der Waals surface area contributed by atoms with E-state index in [9.17, 15) is 0 Å². The second kappa shape index (κ2) is 26.8. The van der Waals surface area contributed by atoms with Gasteiger partial charge >= 0.3 is 0 Å². The average molecular weight is 867 g/mol. The zero-order valence-corrected chi connectivity index (χ0v) is 40.3. The maximum Gasteiger partial charge on any atom is 0.119 e. The SMILES string of the molecule is CCC.CCC.CCC1CC2C3CCC(C3)C2C1.CCC1CC2C3CCC(C3)C2C1.c1ccc(OCC2CO2)cc1.c1ccc(OCC2CO2)cc1.c1ccc(OCC2CO2)cc1. The van der Waals surface area contributed by atoms with Crippen LogP contribution < -0.4 is 14.2 Å². The lowest BCUT2D eigenvalue weighted by Gasteiger charge is -2.23. The molecule has 6 nitrogen and oxygen atoms in total. The Morgan fingerprint density at radius 2 is 0.619 bits per heavy atom. The summed E-state index contributed by atoms with van der Waals surface area (Å²) in [5.74, 6) is 14.5. The first kappa shape index (κ1) is 49.4. The molecule has 6 aliphatic carbocycles. The van der Waals surface area contributed by atoms with Gasteiger partial charge in [0.25, 0.3) is 0 Å². The molecule has 0 amide bonds. The predicted octanol–water partition coefficient (Wildman–Crippen LogP) is 14.2. The van der Waals surface area contributed by atoms with Crippen molar-refractivity contribution in [2.24, 2.45) is 59.2 Å². The third kappa shape index (κ3) is 16.7. The van der Waals surface area contributed by atoms with Crippen molar-refractivity contribution in [3.8, 4) is 17.2 Å². The monoisotopic (exact) mass is 867 g/mol. The highest BCUT2D eigenvalue weighted by Crippen LogP contribution is 2.61. The Morgan fingerprint density at radius 3 is 0.825 bits per heavy atom. The first-order valence-corrected chi connectivity index (χ1v) is 25.8. The van der Waals surface area contributed by atoms with E-state index in [1.54, 1.807) is 64.2 Å². The number of fused-ring (bicyclic) bond motifs is 10. The minimum Gasteiger partial charge on any atom is -0.491 e. The molecule has 0 radical (unpaired) electrons. The number of para-hydroxylation sites is 3. The number of ether oxygens (including phenoxy) is 6. The molecule has 6 saturated carbocycles. The summed E-state index contributed by atoms with van der Waals surface area (Å²) in [5, 5.41) is 0. The van der Waals surface area contributed by atoms with E-state index >= 15 is 0 Å². The standard InChI is InChI=1S/2C12H20.3C9H10O2.2C3H8/c2*1-2-8-5-11-9-3-4-10(7-9)12(11)6-8;3*1-2-4-8(5-3-1)10-6-9-7-11-9;2*1-3-2/h2*8-12H,2-7H2,1H3;3*1-5,9H,6-7H2;2*3H2,1-2H3. The zero-order chi connectivity index (χ0) is 44.2. The molecule has 3 heterocycles. The van der Waals surface area contributed by atoms with Crippen LogP contribution in [0.4, 0.5) is 0 Å². The van der Waals surface area contributed by atoms with Gasteiger partial charge in [0.15, 0.2) is 0 Å². The molecule has 0 aromatic heterocycles. The topological polar surface area (TPSA) is 65.3 Å². The van der Waals surface area contributed by atoms with Crippen LogP contribution in [-0.4, -0.2) is 58.0 Å². The third-order valence-electron chi connectivity index (χ3n) is 14.9. The van der Waals surface area contributed by atoms with Gasteiger partial charge in [-0.2, -0.15) is 0 Å². The van der Waals surface area contributed by atoms with Crippen molar-refractivity contribution in [2.45, 2.75) is 150 Å². The molecule has 6 heteroatoms. The molecule has 11 unspecified atom stereocenters. The largest absolute Gasteiger partial charge is 0.491 e. The summed E-state index contributed by atoms with van der Waals surface area (Å²) in [6.07, 6.45) is 22.4. The van der Waals surface area contributed by atoms with Crippen LogP contribution in [0, 0.1) is 59.2 Å². The second-order valence-corrected chi connectivity index (χ2v) is 20.0. The fraction of sp³-hybridized carbons (Fsp3) is 0.684. The lowest BCUT2D eigenvalue weighted by Crippen LogP contribution is -2.15. The molecule has 63 heavy (non-hydrogen) atoms. The van der Waals surface area contributed by atoms with Crippen molar-refractivity contribution in [2.75, 3.05) is 39.6 Å². The van der Waals surface area contributed by atoms with Crippen LogP contribution in [0.1, 0.15) is 131 Å². The Bertz CT molecular complexity index is 1410. The minimum atomic E-state index is 0.343. The highest BCUT2D eigenvalue weighted by molar-refractivity contribution is 5.22. The first-order valence-electron chi connectivity index (χ1n) is 25.8. The van der Waals surface area contributed by atoms with Gasteiger partial charge < -0.3 is 28.4 Å². The molecule has 3 aromatic carbocycles. The van der Waals surface area contributed by atoms with Crippen molar-refractivity contribution >= 4 is 0 Å². The maximum atomic E-state index is 5.40. The van der Waals surface area contributed by atoms with Gasteiger partial charge in [-0.15, -0.1) is 0 Å². The molecular formula is C57H86O6. The van der Waals surface area contributed by atoms with E-state index in [0.29, 0.717) is 38.1 Å². The van der Waals surface area contributed by atoms with Crippen molar-refractivity contribution in [1.82, 2.24) is 0 Å². The second-order valence-electron chi connectivity index (χ2n) is 20.0. The van der Waals surface area contributed by atoms with Crippen LogP contribution in [0.2, 0.25) is 0 Å². The van der Waals surface area contributed by atoms with Crippen LogP contribution in [0.15, 0.2) is 91.0 Å². The molecular weight excluding hydrogens is 781 g/mol. The van der Waals surface area contributed by atoms with Gasteiger partial charge in [-0.25, -0.2) is 0 Å². The number of hydrogen-bond donors (Lipinski definition) is 0. The van der Waals surface area contributed by atoms with E-state index in [0.717, 1.165) is 48.9 Å². The molecule has 3 aromatic rings. The van der Waals surface area contributed by atoms with Gasteiger partial charge in [0.05, 0.1) is 19.8 Å². The molecule has 9 aliphatic rings. The van der Waals surface area contributed by atoms with Crippen molar-refractivity contribution in [3.63, 3.8) is 0 Å². The Labute approximate surface area is 383 Å². The smallest absolute Gasteiger partial charge is 0.119 e. The third-order valence-corrected chi connectivity index (χ3v) is 14.9. The Morgan fingerprint density at radius 1 is 0.381 bits per heavy atom. The molecule has 3 saturated heterocycles. The van der Waals surface area contributed by atoms with E-state index in [1.165, 1.54) is 73.0 Å². The van der Waals surface area contributed by atoms with Crippen molar-refractivity contribution < 1.29 is 28.4 Å². The van der Waals surface area contributed by atoms with Crippen molar-refractivity contribution in [3.05, 3.63) is 91.0 Å². The van der Waals surface area contributed by atoms with Crippen LogP contribution in [0.5, 0.6) is 17.2 Å². The highest BCUT2D eigenvalue weighted by atomic mass is 16.6. The Hall–Kier alpha value is -3.06. The number of rotatable bonds is 11. The normalized spacial score (nSPS) is 33.1. The van der Waals surface area contributed by atoms with Crippen LogP contribution in [0.25, 0.3) is 0 Å². The van der Waals surface area contributed by atoms with Gasteiger partial charge in [0.1, 0.15) is 55.4 Å². The predicted molar refractivity (Wildman–Crippen MR) is 259 cm³/mol. The lowest BCUT2D eigenvalue weighted by molar-refractivity contribution is 0.259. The highest BCUT2D eigenvalue weighted by Gasteiger charge is 2.52. The van der Waals surface area contributed by atoms with E-state index in [2.05, 4.69) is 41.5 Å². The van der Waals surface area contributed by atoms with E-state index < -0.39 is 0 Å². The minimum absolute atomic E-state index is 0.343. The number of hydrogen-bond acceptors (Lipinski definition) is 6. The molecule has 0 N–H and O–H groups in total. The molecule has 12 rings (SSSR count). The van der Waals surface area contributed by atoms with E-state index in [1.807, 2.05) is 91.0 Å². The first-order chi connectivity index (χ1) is 30.9. The summed E-state index contributed by atoms with van der Waals surface area (Å²) in [6, 6.07) is 29.4. The summed E-state index contributed by atoms with van der Waals surface area (Å²) in [4.78, 5) is 0. The quantitative estimate of drug-likeness (QED) is 0.179. The average Bonchev–Trinajstić information content (AvgIpc) is 4.25. The van der Waals surface area contributed by atoms with Gasteiger partial charge in [-0.3, -0.25) is 0 Å². The zero-order valence-electron chi connectivity index (χ0n) is 40.3. The summed E-state index contributed by atoms with van der Waals surface area (Å²) in [5.41, 5.74) is 0. The van der Waals surface area contributed by atoms with Crippen LogP contribution >= 0.6 is 0 Å². The molecule has 3 aliphatic heterocycles. The van der Waals surface area contributed by atoms with Crippen LogP contribution in [-0.2, 0) is 14.2 Å². The van der Waals surface area contributed by atoms with Gasteiger partial charge in [0, 0.05) is 0 Å². The molecule has 0 spiro atoms. The summed E-state index contributed by atoms with van der Waals surface area (Å²) in [7, 11) is 0. The molecule has 9 fully saturated rings. The van der Waals surface area contributed by atoms with Crippen LogP contribution in [0.3, 0.4) is 0 Å². The van der Waals surface area contributed by atoms with E-state index in [4.69, 9.17) is 28.4 Å². The van der Waals surface area contributed by atoms with E-state index in [-0.39, 0.29) is 0 Å². The molecule has 11 atom stereocenters. The Balaban J connectivity index is 0.000000127. The summed E-state index contributed by atoms with van der Waals surface area (Å²) < 4.78 is 31.2. The summed E-state index contributed by atoms with van der Waals surface area (Å²) >= 11 is 0. The van der Waals surface area contributed by atoms with Gasteiger partial charge in [-0.05, 0) is 160 Å². The van der Waals surface area contributed by atoms with Gasteiger partial charge in [0.2, 0.25) is 0 Å². The van der Waals surface area contributed by atoms with Crippen molar-refractivity contribution in [1.29, 1.82) is 0 Å². The van der Waals surface area contributed by atoms with Gasteiger partial charge in [-0.1, -0.05) is 122 Å². The summed E-state index contributed by atoms with van der Waals surface area (Å²) in [6.45, 7) is 17.9. The fourth-order valence-electron chi connectivity index (χ4n) is 11.5. The molecule has 4 bridgehead atoms. The number of epoxide rings is 3. The molecule has 350 valence electrons. The Kier molecular flexibility index (Phi) is 21.0.